The minimum Gasteiger partial charge on any atom is -0.383 e. The number of amides is 2. The lowest BCUT2D eigenvalue weighted by Gasteiger charge is -2.09. The van der Waals surface area contributed by atoms with Gasteiger partial charge in [-0.2, -0.15) is 0 Å². The molecule has 6 nitrogen and oxygen atoms in total. The second-order valence-corrected chi connectivity index (χ2v) is 4.14. The van der Waals surface area contributed by atoms with Crippen LogP contribution < -0.4 is 16.0 Å². The highest BCUT2D eigenvalue weighted by molar-refractivity contribution is 5.95. The number of carbonyl (C=O) groups excluding carboxylic acids is 2. The minimum absolute atomic E-state index is 0.0811. The molecular weight excluding hydrogens is 258 g/mol. The maximum absolute atomic E-state index is 11.8. The molecule has 0 atom stereocenters. The van der Waals surface area contributed by atoms with Gasteiger partial charge in [0.2, 0.25) is 5.91 Å². The van der Waals surface area contributed by atoms with E-state index in [-0.39, 0.29) is 18.4 Å². The maximum atomic E-state index is 11.8. The molecule has 0 saturated heterocycles. The van der Waals surface area contributed by atoms with Gasteiger partial charge in [-0.05, 0) is 25.1 Å². The average Bonchev–Trinajstić information content (AvgIpc) is 2.46. The predicted molar refractivity (Wildman–Crippen MR) is 77.8 cm³/mol. The van der Waals surface area contributed by atoms with Crippen LogP contribution in [-0.2, 0) is 9.53 Å². The number of carbonyl (C=O) groups is 2. The Bertz CT molecular complexity index is 449. The highest BCUT2D eigenvalue weighted by atomic mass is 16.5. The molecule has 0 radical (unpaired) electrons. The van der Waals surface area contributed by atoms with Gasteiger partial charge in [-0.25, -0.2) is 0 Å². The third kappa shape index (κ3) is 5.71. The van der Waals surface area contributed by atoms with Crippen LogP contribution in [0, 0.1) is 0 Å². The van der Waals surface area contributed by atoms with E-state index in [9.17, 15) is 9.59 Å². The SMILES string of the molecule is CCNC(=O)CNc1cccc(C(=O)NCCOC)c1. The van der Waals surface area contributed by atoms with Gasteiger partial charge in [0.15, 0.2) is 0 Å². The molecule has 0 bridgehead atoms. The molecule has 0 fully saturated rings. The second-order valence-electron chi connectivity index (χ2n) is 4.14. The van der Waals surface area contributed by atoms with E-state index in [0.29, 0.717) is 25.3 Å². The highest BCUT2D eigenvalue weighted by Gasteiger charge is 2.06. The van der Waals surface area contributed by atoms with Crippen molar-refractivity contribution in [1.82, 2.24) is 10.6 Å². The molecule has 0 aliphatic heterocycles. The number of likely N-dealkylation sites (N-methyl/N-ethyl adjacent to an activating group) is 1. The smallest absolute Gasteiger partial charge is 0.251 e. The standard InChI is InChI=1S/C14H21N3O3/c1-3-15-13(18)10-17-12-6-4-5-11(9-12)14(19)16-7-8-20-2/h4-6,9,17H,3,7-8,10H2,1-2H3,(H,15,18)(H,16,19). The molecule has 6 heteroatoms. The van der Waals surface area contributed by atoms with Crippen molar-refractivity contribution in [2.45, 2.75) is 6.92 Å². The quantitative estimate of drug-likeness (QED) is 0.609. The fraction of sp³-hybridized carbons (Fsp3) is 0.429. The van der Waals surface area contributed by atoms with Gasteiger partial charge in [0.1, 0.15) is 0 Å². The van der Waals surface area contributed by atoms with Crippen LogP contribution in [0.2, 0.25) is 0 Å². The number of ether oxygens (including phenoxy) is 1. The monoisotopic (exact) mass is 279 g/mol. The molecule has 0 unspecified atom stereocenters. The number of rotatable bonds is 8. The Morgan fingerprint density at radius 1 is 1.25 bits per heavy atom. The molecule has 0 heterocycles. The van der Waals surface area contributed by atoms with E-state index in [4.69, 9.17) is 4.74 Å². The lowest BCUT2D eigenvalue weighted by atomic mass is 10.2. The van der Waals surface area contributed by atoms with Crippen molar-refractivity contribution in [3.63, 3.8) is 0 Å². The first kappa shape index (κ1) is 16.0. The summed E-state index contributed by atoms with van der Waals surface area (Å²) >= 11 is 0. The van der Waals surface area contributed by atoms with E-state index in [1.54, 1.807) is 25.3 Å². The first-order valence-corrected chi connectivity index (χ1v) is 6.55. The molecule has 110 valence electrons. The van der Waals surface area contributed by atoms with Crippen molar-refractivity contribution in [2.75, 3.05) is 38.7 Å². The molecule has 3 N–H and O–H groups in total. The molecule has 0 aliphatic rings. The van der Waals surface area contributed by atoms with Crippen molar-refractivity contribution in [1.29, 1.82) is 0 Å². The van der Waals surface area contributed by atoms with Crippen LogP contribution in [0.5, 0.6) is 0 Å². The van der Waals surface area contributed by atoms with E-state index in [1.165, 1.54) is 0 Å². The van der Waals surface area contributed by atoms with Crippen molar-refractivity contribution < 1.29 is 14.3 Å². The maximum Gasteiger partial charge on any atom is 0.251 e. The zero-order valence-electron chi connectivity index (χ0n) is 11.9. The van der Waals surface area contributed by atoms with Gasteiger partial charge in [0, 0.05) is 31.5 Å². The summed E-state index contributed by atoms with van der Waals surface area (Å²) in [7, 11) is 1.58. The lowest BCUT2D eigenvalue weighted by molar-refractivity contribution is -0.119. The van der Waals surface area contributed by atoms with Crippen LogP contribution in [0.1, 0.15) is 17.3 Å². The molecule has 1 aromatic rings. The van der Waals surface area contributed by atoms with E-state index >= 15 is 0 Å². The normalized spacial score (nSPS) is 9.90. The van der Waals surface area contributed by atoms with E-state index in [1.807, 2.05) is 13.0 Å². The minimum atomic E-state index is -0.163. The Morgan fingerprint density at radius 3 is 2.75 bits per heavy atom. The Kier molecular flexibility index (Phi) is 7.13. The van der Waals surface area contributed by atoms with Gasteiger partial charge >= 0.3 is 0 Å². The van der Waals surface area contributed by atoms with Crippen LogP contribution in [0.3, 0.4) is 0 Å². The number of anilines is 1. The van der Waals surface area contributed by atoms with Gasteiger partial charge in [0.05, 0.1) is 13.2 Å². The van der Waals surface area contributed by atoms with Crippen LogP contribution in [0.25, 0.3) is 0 Å². The number of benzene rings is 1. The van der Waals surface area contributed by atoms with E-state index < -0.39 is 0 Å². The molecular formula is C14H21N3O3. The van der Waals surface area contributed by atoms with Crippen LogP contribution in [0.15, 0.2) is 24.3 Å². The summed E-state index contributed by atoms with van der Waals surface area (Å²) < 4.78 is 4.87. The first-order chi connectivity index (χ1) is 9.67. The molecule has 20 heavy (non-hydrogen) atoms. The third-order valence-corrected chi connectivity index (χ3v) is 2.54. The van der Waals surface area contributed by atoms with E-state index in [0.717, 1.165) is 5.69 Å². The van der Waals surface area contributed by atoms with Crippen LogP contribution in [0.4, 0.5) is 5.69 Å². The highest BCUT2D eigenvalue weighted by Crippen LogP contribution is 2.10. The van der Waals surface area contributed by atoms with Crippen LogP contribution in [-0.4, -0.2) is 45.2 Å². The third-order valence-electron chi connectivity index (χ3n) is 2.54. The van der Waals surface area contributed by atoms with E-state index in [2.05, 4.69) is 16.0 Å². The van der Waals surface area contributed by atoms with Gasteiger partial charge in [-0.1, -0.05) is 6.07 Å². The van der Waals surface area contributed by atoms with Crippen molar-refractivity contribution in [3.8, 4) is 0 Å². The van der Waals surface area contributed by atoms with Gasteiger partial charge in [-0.15, -0.1) is 0 Å². The van der Waals surface area contributed by atoms with Gasteiger partial charge in [0.25, 0.3) is 5.91 Å². The van der Waals surface area contributed by atoms with Gasteiger partial charge in [-0.3, -0.25) is 9.59 Å². The molecule has 0 saturated carbocycles. The zero-order chi connectivity index (χ0) is 14.8. The van der Waals surface area contributed by atoms with Crippen LogP contribution >= 0.6 is 0 Å². The Labute approximate surface area is 118 Å². The molecule has 2 amide bonds. The zero-order valence-corrected chi connectivity index (χ0v) is 11.9. The summed E-state index contributed by atoms with van der Waals surface area (Å²) in [6, 6.07) is 7.01. The first-order valence-electron chi connectivity index (χ1n) is 6.55. The lowest BCUT2D eigenvalue weighted by Crippen LogP contribution is -2.29. The molecule has 0 spiro atoms. The summed E-state index contributed by atoms with van der Waals surface area (Å²) in [5, 5.41) is 8.41. The predicted octanol–water partition coefficient (Wildman–Crippen LogP) is 0.611. The summed E-state index contributed by atoms with van der Waals surface area (Å²) in [6.45, 7) is 3.58. The van der Waals surface area contributed by atoms with Crippen molar-refractivity contribution in [2.24, 2.45) is 0 Å². The van der Waals surface area contributed by atoms with Gasteiger partial charge < -0.3 is 20.7 Å². The number of hydrogen-bond donors (Lipinski definition) is 3. The Morgan fingerprint density at radius 2 is 2.05 bits per heavy atom. The molecule has 0 aliphatic carbocycles. The summed E-state index contributed by atoms with van der Waals surface area (Å²) in [6.07, 6.45) is 0. The Hall–Kier alpha value is -2.08. The summed E-state index contributed by atoms with van der Waals surface area (Å²) in [5.41, 5.74) is 1.28. The Balaban J connectivity index is 2.52. The summed E-state index contributed by atoms with van der Waals surface area (Å²) in [4.78, 5) is 23.2. The number of hydrogen-bond acceptors (Lipinski definition) is 4. The van der Waals surface area contributed by atoms with Crippen molar-refractivity contribution in [3.05, 3.63) is 29.8 Å². The average molecular weight is 279 g/mol. The number of nitrogens with one attached hydrogen (secondary N) is 3. The largest absolute Gasteiger partial charge is 0.383 e. The molecule has 1 rings (SSSR count). The topological polar surface area (TPSA) is 79.5 Å². The number of methoxy groups -OCH3 is 1. The van der Waals surface area contributed by atoms with Crippen molar-refractivity contribution >= 4 is 17.5 Å². The molecule has 1 aromatic carbocycles. The fourth-order valence-electron chi connectivity index (χ4n) is 1.58. The second kappa shape index (κ2) is 8.92. The summed E-state index contributed by atoms with van der Waals surface area (Å²) in [5.74, 6) is -0.244. The fourth-order valence-corrected chi connectivity index (χ4v) is 1.58. The molecule has 0 aromatic heterocycles.